The summed E-state index contributed by atoms with van der Waals surface area (Å²) in [7, 11) is 0. The molecule has 2 atom stereocenters. The van der Waals surface area contributed by atoms with E-state index in [9.17, 15) is 9.90 Å². The zero-order valence-electron chi connectivity index (χ0n) is 18.1. The maximum atomic E-state index is 11.4. The molecule has 0 saturated heterocycles. The molecule has 0 saturated carbocycles. The van der Waals surface area contributed by atoms with Crippen LogP contribution in [0.2, 0.25) is 0 Å². The topological polar surface area (TPSA) is 87.0 Å². The average molecular weight is 419 g/mol. The summed E-state index contributed by atoms with van der Waals surface area (Å²) in [6.45, 7) is 1.45. The van der Waals surface area contributed by atoms with Gasteiger partial charge in [-0.05, 0) is 38.5 Å². The third-order valence-electron chi connectivity index (χ3n) is 3.86. The maximum absolute atomic E-state index is 11.4. The fraction of sp³-hybridized carbons (Fsp3) is 0.480. The molecule has 5 nitrogen and oxygen atoms in total. The molecule has 0 fully saturated rings. The van der Waals surface area contributed by atoms with Crippen molar-refractivity contribution in [2.24, 2.45) is 0 Å². The lowest BCUT2D eigenvalue weighted by Gasteiger charge is -2.09. The Morgan fingerprint density at radius 1 is 0.833 bits per heavy atom. The minimum atomic E-state index is -1.06. The zero-order valence-corrected chi connectivity index (χ0v) is 18.1. The molecular formula is C25H38O5. The van der Waals surface area contributed by atoms with E-state index in [4.69, 9.17) is 14.9 Å². The summed E-state index contributed by atoms with van der Waals surface area (Å²) in [6, 6.07) is 0. The van der Waals surface area contributed by atoms with Gasteiger partial charge in [0.15, 0.2) is 0 Å². The van der Waals surface area contributed by atoms with Crippen molar-refractivity contribution in [2.45, 2.75) is 64.1 Å². The molecule has 0 bridgehead atoms. The Morgan fingerprint density at radius 3 is 1.90 bits per heavy atom. The monoisotopic (exact) mass is 418 g/mol. The number of ether oxygens (including phenoxy) is 1. The van der Waals surface area contributed by atoms with Crippen molar-refractivity contribution in [1.82, 2.24) is 0 Å². The van der Waals surface area contributed by atoms with E-state index in [0.29, 0.717) is 0 Å². The van der Waals surface area contributed by atoms with Crippen LogP contribution in [-0.2, 0) is 9.53 Å². The second kappa shape index (κ2) is 21.5. The molecule has 0 spiro atoms. The highest BCUT2D eigenvalue weighted by Crippen LogP contribution is 2.02. The molecule has 0 rings (SSSR count). The molecule has 2 unspecified atom stereocenters. The first-order valence-corrected chi connectivity index (χ1v) is 10.7. The molecule has 168 valence electrons. The van der Waals surface area contributed by atoms with Gasteiger partial charge < -0.3 is 20.1 Å². The molecule has 0 aromatic carbocycles. The van der Waals surface area contributed by atoms with Crippen molar-refractivity contribution in [3.8, 4) is 0 Å². The van der Waals surface area contributed by atoms with Gasteiger partial charge in [-0.3, -0.25) is 4.79 Å². The van der Waals surface area contributed by atoms with E-state index < -0.39 is 24.8 Å². The van der Waals surface area contributed by atoms with Crippen molar-refractivity contribution in [3.05, 3.63) is 72.9 Å². The van der Waals surface area contributed by atoms with E-state index in [1.165, 1.54) is 0 Å². The van der Waals surface area contributed by atoms with E-state index in [1.807, 2.05) is 12.2 Å². The molecule has 0 radical (unpaired) electrons. The molecule has 0 aliphatic rings. The zero-order chi connectivity index (χ0) is 22.3. The summed E-state index contributed by atoms with van der Waals surface area (Å²) >= 11 is 0. The highest BCUT2D eigenvalue weighted by Gasteiger charge is 2.09. The number of aliphatic hydroxyl groups excluding tert-OH is 3. The van der Waals surface area contributed by atoms with Gasteiger partial charge in [0.1, 0.15) is 12.7 Å². The maximum Gasteiger partial charge on any atom is 0.305 e. The molecule has 0 aliphatic carbocycles. The number of rotatable bonds is 17. The number of aliphatic hydroxyl groups is 3. The van der Waals surface area contributed by atoms with Crippen LogP contribution < -0.4 is 0 Å². The minimum absolute atomic E-state index is 0.0509. The summed E-state index contributed by atoms with van der Waals surface area (Å²) in [5.41, 5.74) is 0. The summed E-state index contributed by atoms with van der Waals surface area (Å²) < 4.78 is 4.76. The lowest BCUT2D eigenvalue weighted by atomic mass is 10.2. The fourth-order valence-corrected chi connectivity index (χ4v) is 2.18. The van der Waals surface area contributed by atoms with Crippen LogP contribution in [0.4, 0.5) is 0 Å². The molecular weight excluding hydrogens is 380 g/mol. The van der Waals surface area contributed by atoms with Gasteiger partial charge in [-0.15, -0.1) is 0 Å². The Kier molecular flexibility index (Phi) is 19.9. The first-order chi connectivity index (χ1) is 14.6. The van der Waals surface area contributed by atoms with Gasteiger partial charge in [-0.1, -0.05) is 79.8 Å². The van der Waals surface area contributed by atoms with Crippen LogP contribution in [-0.4, -0.2) is 46.7 Å². The van der Waals surface area contributed by atoms with Crippen LogP contribution in [0, 0.1) is 0 Å². The second-order valence-electron chi connectivity index (χ2n) is 6.68. The van der Waals surface area contributed by atoms with Gasteiger partial charge in [0.05, 0.1) is 12.7 Å². The number of esters is 1. The van der Waals surface area contributed by atoms with Crippen molar-refractivity contribution in [1.29, 1.82) is 0 Å². The molecule has 5 heteroatoms. The van der Waals surface area contributed by atoms with Gasteiger partial charge in [-0.2, -0.15) is 0 Å². The highest BCUT2D eigenvalue weighted by atomic mass is 16.5. The van der Waals surface area contributed by atoms with Crippen molar-refractivity contribution >= 4 is 5.97 Å². The third-order valence-corrected chi connectivity index (χ3v) is 3.86. The number of hydrogen-bond acceptors (Lipinski definition) is 5. The number of carbonyl (C=O) groups excluding carboxylic acids is 1. The van der Waals surface area contributed by atoms with Crippen molar-refractivity contribution in [2.75, 3.05) is 13.2 Å². The number of hydrogen-bond donors (Lipinski definition) is 3. The van der Waals surface area contributed by atoms with Crippen molar-refractivity contribution in [3.63, 3.8) is 0 Å². The molecule has 0 aromatic heterocycles. The van der Waals surface area contributed by atoms with E-state index in [-0.39, 0.29) is 19.4 Å². The van der Waals surface area contributed by atoms with Gasteiger partial charge in [0.25, 0.3) is 0 Å². The molecule has 0 amide bonds. The first-order valence-electron chi connectivity index (χ1n) is 10.7. The normalized spacial score (nSPS) is 14.9. The SMILES string of the molecule is CC/C=C\C/C=C\C/C=C\C/C=C\C/C=C\C=C\C(O)CCC(=O)OCC(O)CO. The Hall–Kier alpha value is -2.21. The lowest BCUT2D eigenvalue weighted by Crippen LogP contribution is -2.22. The second-order valence-corrected chi connectivity index (χ2v) is 6.68. The van der Waals surface area contributed by atoms with Gasteiger partial charge in [0.2, 0.25) is 0 Å². The van der Waals surface area contributed by atoms with E-state index >= 15 is 0 Å². The molecule has 0 aliphatic heterocycles. The van der Waals surface area contributed by atoms with Crippen LogP contribution in [0.3, 0.4) is 0 Å². The van der Waals surface area contributed by atoms with Crippen LogP contribution in [0.25, 0.3) is 0 Å². The average Bonchev–Trinajstić information content (AvgIpc) is 2.75. The molecule has 3 N–H and O–H groups in total. The highest BCUT2D eigenvalue weighted by molar-refractivity contribution is 5.69. The third kappa shape index (κ3) is 20.5. The van der Waals surface area contributed by atoms with E-state index in [0.717, 1.165) is 32.1 Å². The van der Waals surface area contributed by atoms with Crippen LogP contribution >= 0.6 is 0 Å². The predicted molar refractivity (Wildman–Crippen MR) is 123 cm³/mol. The van der Waals surface area contributed by atoms with Gasteiger partial charge in [0, 0.05) is 6.42 Å². The van der Waals surface area contributed by atoms with Crippen LogP contribution in [0.15, 0.2) is 72.9 Å². The number of carbonyl (C=O) groups is 1. The molecule has 0 heterocycles. The van der Waals surface area contributed by atoms with E-state index in [1.54, 1.807) is 12.2 Å². The standard InChI is InChI=1S/C25H38O5/c1-2-3-4-5-6-7-8-9-10-11-12-13-14-15-16-17-18-23(27)19-20-25(29)30-22-24(28)21-26/h3-4,6-7,9-10,12-13,15-18,23-24,26-28H,2,5,8,11,14,19-22H2,1H3/b4-3-,7-6-,10-9-,13-12-,16-15-,18-17+. The Balaban J connectivity index is 3.76. The quantitative estimate of drug-likeness (QED) is 0.186. The van der Waals surface area contributed by atoms with Crippen molar-refractivity contribution < 1.29 is 24.9 Å². The predicted octanol–water partition coefficient (Wildman–Crippen LogP) is 4.33. The summed E-state index contributed by atoms with van der Waals surface area (Å²) in [6.07, 6.45) is 27.7. The van der Waals surface area contributed by atoms with E-state index in [2.05, 4.69) is 55.5 Å². The van der Waals surface area contributed by atoms with Gasteiger partial charge in [-0.25, -0.2) is 0 Å². The lowest BCUT2D eigenvalue weighted by molar-refractivity contribution is -0.147. The summed E-state index contributed by atoms with van der Waals surface area (Å²) in [5.74, 6) is -0.509. The smallest absolute Gasteiger partial charge is 0.305 e. The Bertz CT molecular complexity index is 584. The fourth-order valence-electron chi connectivity index (χ4n) is 2.18. The van der Waals surface area contributed by atoms with Gasteiger partial charge >= 0.3 is 5.97 Å². The largest absolute Gasteiger partial charge is 0.463 e. The minimum Gasteiger partial charge on any atom is -0.463 e. The summed E-state index contributed by atoms with van der Waals surface area (Å²) in [4.78, 5) is 11.4. The van der Waals surface area contributed by atoms with Crippen LogP contribution in [0.1, 0.15) is 51.9 Å². The first kappa shape index (κ1) is 27.8. The number of allylic oxidation sites excluding steroid dienone is 11. The van der Waals surface area contributed by atoms with Crippen LogP contribution in [0.5, 0.6) is 0 Å². The molecule has 0 aromatic rings. The molecule has 30 heavy (non-hydrogen) atoms. The Morgan fingerprint density at radius 2 is 1.37 bits per heavy atom. The Labute approximate surface area is 181 Å². The summed E-state index contributed by atoms with van der Waals surface area (Å²) in [5, 5.41) is 27.5.